The van der Waals surface area contributed by atoms with Gasteiger partial charge < -0.3 is 9.64 Å². The van der Waals surface area contributed by atoms with Gasteiger partial charge in [0, 0.05) is 7.05 Å². The van der Waals surface area contributed by atoms with Gasteiger partial charge in [0.1, 0.15) is 5.75 Å². The third-order valence-corrected chi connectivity index (χ3v) is 2.63. The van der Waals surface area contributed by atoms with Gasteiger partial charge in [0.15, 0.2) is 0 Å². The van der Waals surface area contributed by atoms with Crippen molar-refractivity contribution in [1.82, 2.24) is 0 Å². The first-order chi connectivity index (χ1) is 7.33. The lowest BCUT2D eigenvalue weighted by Gasteiger charge is -2.34. The molecule has 1 unspecified atom stereocenters. The summed E-state index contributed by atoms with van der Waals surface area (Å²) in [5, 5.41) is 0. The van der Waals surface area contributed by atoms with Crippen molar-refractivity contribution in [3.63, 3.8) is 0 Å². The first kappa shape index (κ1) is 10.3. The number of likely N-dealkylation sites (N-methyl/N-ethyl adjacent to an activating group) is 1. The fourth-order valence-electron chi connectivity index (χ4n) is 1.74. The molecule has 0 spiro atoms. The molecular formula is C12H14FNO. The van der Waals surface area contributed by atoms with E-state index in [1.807, 2.05) is 31.3 Å². The van der Waals surface area contributed by atoms with Crippen molar-refractivity contribution in [3.05, 3.63) is 30.9 Å². The summed E-state index contributed by atoms with van der Waals surface area (Å²) in [7, 11) is 1.98. The summed E-state index contributed by atoms with van der Waals surface area (Å²) >= 11 is 0. The Bertz CT molecular complexity index is 329. The van der Waals surface area contributed by atoms with E-state index in [4.69, 9.17) is 4.74 Å². The van der Waals surface area contributed by atoms with Crippen molar-refractivity contribution < 1.29 is 9.13 Å². The van der Waals surface area contributed by atoms with Crippen LogP contribution in [0.1, 0.15) is 12.8 Å². The summed E-state index contributed by atoms with van der Waals surface area (Å²) in [6.45, 7) is 2.64. The molecule has 1 aromatic rings. The molecule has 0 aromatic heterocycles. The molecule has 2 rings (SSSR count). The van der Waals surface area contributed by atoms with Gasteiger partial charge >= 0.3 is 0 Å². The first-order valence-electron chi connectivity index (χ1n) is 5.13. The van der Waals surface area contributed by atoms with Crippen molar-refractivity contribution >= 4 is 5.69 Å². The minimum absolute atomic E-state index is 0.0515. The molecule has 0 saturated heterocycles. The molecule has 80 valence electrons. The Morgan fingerprint density at radius 2 is 2.27 bits per heavy atom. The van der Waals surface area contributed by atoms with Crippen LogP contribution in [0.25, 0.3) is 0 Å². The Labute approximate surface area is 89.7 Å². The van der Waals surface area contributed by atoms with Crippen LogP contribution in [0.2, 0.25) is 0 Å². The molecule has 15 heavy (non-hydrogen) atoms. The minimum Gasteiger partial charge on any atom is -0.474 e. The van der Waals surface area contributed by atoms with Gasteiger partial charge in [-0.1, -0.05) is 12.1 Å². The third-order valence-electron chi connectivity index (χ3n) is 2.63. The third kappa shape index (κ3) is 2.06. The maximum atomic E-state index is 12.1. The summed E-state index contributed by atoms with van der Waals surface area (Å²) in [5.41, 5.74) is 1.04. The topological polar surface area (TPSA) is 12.5 Å². The average Bonchev–Trinajstić information content (AvgIpc) is 2.29. The molecule has 1 aliphatic rings. The van der Waals surface area contributed by atoms with Crippen molar-refractivity contribution in [3.8, 4) is 5.75 Å². The first-order valence-corrected chi connectivity index (χ1v) is 5.13. The molecule has 1 heterocycles. The van der Waals surface area contributed by atoms with Gasteiger partial charge in [-0.05, 0) is 25.0 Å². The fourth-order valence-corrected chi connectivity index (χ4v) is 1.74. The number of alkyl halides is 1. The minimum atomic E-state index is -0.284. The van der Waals surface area contributed by atoms with Crippen LogP contribution >= 0.6 is 0 Å². The van der Waals surface area contributed by atoms with Crippen LogP contribution in [0.15, 0.2) is 24.3 Å². The van der Waals surface area contributed by atoms with E-state index >= 15 is 0 Å². The number of anilines is 1. The number of hydrogen-bond donors (Lipinski definition) is 0. The molecule has 1 atom stereocenters. The molecule has 1 aliphatic heterocycles. The highest BCUT2D eigenvalue weighted by atomic mass is 19.1. The SMILES string of the molecule is CN1c2ccccc2O[C]C1CCCF. The van der Waals surface area contributed by atoms with Gasteiger partial charge in [-0.25, -0.2) is 0 Å². The monoisotopic (exact) mass is 207 g/mol. The van der Waals surface area contributed by atoms with E-state index in [1.165, 1.54) is 0 Å². The van der Waals surface area contributed by atoms with E-state index in [9.17, 15) is 4.39 Å². The highest BCUT2D eigenvalue weighted by molar-refractivity contribution is 5.60. The van der Waals surface area contributed by atoms with Crippen LogP contribution in [0.5, 0.6) is 5.75 Å². The second-order valence-corrected chi connectivity index (χ2v) is 3.65. The normalized spacial score (nSPS) is 19.6. The zero-order valence-corrected chi connectivity index (χ0v) is 8.74. The summed E-state index contributed by atoms with van der Waals surface area (Å²) in [6, 6.07) is 7.85. The molecule has 2 radical (unpaired) electrons. The molecule has 0 N–H and O–H groups in total. The van der Waals surface area contributed by atoms with E-state index in [2.05, 4.69) is 11.5 Å². The second-order valence-electron chi connectivity index (χ2n) is 3.65. The Kier molecular flexibility index (Phi) is 3.09. The van der Waals surface area contributed by atoms with Crippen LogP contribution in [-0.4, -0.2) is 19.8 Å². The van der Waals surface area contributed by atoms with E-state index in [0.717, 1.165) is 17.9 Å². The molecule has 0 fully saturated rings. The summed E-state index contributed by atoms with van der Waals surface area (Å²) < 4.78 is 17.5. The van der Waals surface area contributed by atoms with E-state index in [0.29, 0.717) is 6.42 Å². The highest BCUT2D eigenvalue weighted by Gasteiger charge is 2.25. The zero-order valence-electron chi connectivity index (χ0n) is 8.74. The van der Waals surface area contributed by atoms with Crippen LogP contribution in [0, 0.1) is 6.61 Å². The zero-order chi connectivity index (χ0) is 10.7. The number of ether oxygens (including phenoxy) is 1. The average molecular weight is 207 g/mol. The van der Waals surface area contributed by atoms with E-state index in [1.54, 1.807) is 0 Å². The number of para-hydroxylation sites is 2. The van der Waals surface area contributed by atoms with Crippen LogP contribution in [-0.2, 0) is 0 Å². The predicted octanol–water partition coefficient (Wildman–Crippen LogP) is 2.67. The van der Waals surface area contributed by atoms with E-state index < -0.39 is 0 Å². The van der Waals surface area contributed by atoms with Crippen LogP contribution < -0.4 is 9.64 Å². The molecule has 0 amide bonds. The lowest BCUT2D eigenvalue weighted by molar-refractivity contribution is 0.326. The Balaban J connectivity index is 2.11. The molecule has 2 nitrogen and oxygen atoms in total. The van der Waals surface area contributed by atoms with Crippen LogP contribution in [0.4, 0.5) is 10.1 Å². The Morgan fingerprint density at radius 1 is 1.47 bits per heavy atom. The largest absolute Gasteiger partial charge is 0.474 e. The molecule has 0 saturated carbocycles. The molecule has 1 aromatic carbocycles. The number of halogens is 1. The summed E-state index contributed by atoms with van der Waals surface area (Å²) in [4.78, 5) is 2.08. The smallest absolute Gasteiger partial charge is 0.220 e. The second kappa shape index (κ2) is 4.51. The lowest BCUT2D eigenvalue weighted by Crippen LogP contribution is -2.37. The van der Waals surface area contributed by atoms with Gasteiger partial charge in [-0.2, -0.15) is 0 Å². The summed E-state index contributed by atoms with van der Waals surface area (Å²) in [6.07, 6.45) is 1.29. The van der Waals surface area contributed by atoms with Gasteiger partial charge in [0.25, 0.3) is 0 Å². The standard InChI is InChI=1S/C12H14FNO/c1-14-10(5-4-8-13)9-15-12-7-3-2-6-11(12)14/h2-3,6-7,10H,4-5,8H2,1H3. The molecular weight excluding hydrogens is 193 g/mol. The predicted molar refractivity (Wildman–Crippen MR) is 57.7 cm³/mol. The van der Waals surface area contributed by atoms with Crippen molar-refractivity contribution in [2.75, 3.05) is 18.6 Å². The van der Waals surface area contributed by atoms with Crippen LogP contribution in [0.3, 0.4) is 0 Å². The van der Waals surface area contributed by atoms with Gasteiger partial charge in [0.05, 0.1) is 18.4 Å². The molecule has 0 aliphatic carbocycles. The van der Waals surface area contributed by atoms with Crippen molar-refractivity contribution in [2.45, 2.75) is 18.9 Å². The Hall–Kier alpha value is -1.25. The van der Waals surface area contributed by atoms with Crippen molar-refractivity contribution in [1.29, 1.82) is 0 Å². The lowest BCUT2D eigenvalue weighted by atomic mass is 10.1. The van der Waals surface area contributed by atoms with Crippen molar-refractivity contribution in [2.24, 2.45) is 0 Å². The fraction of sp³-hybridized carbons (Fsp3) is 0.417. The van der Waals surface area contributed by atoms with Gasteiger partial charge in [-0.3, -0.25) is 4.39 Å². The highest BCUT2D eigenvalue weighted by Crippen LogP contribution is 2.34. The van der Waals surface area contributed by atoms with Gasteiger partial charge in [0.2, 0.25) is 6.61 Å². The maximum Gasteiger partial charge on any atom is 0.220 e. The number of rotatable bonds is 3. The maximum absolute atomic E-state index is 12.1. The molecule has 3 heteroatoms. The number of hydrogen-bond acceptors (Lipinski definition) is 2. The quantitative estimate of drug-likeness (QED) is 0.755. The van der Waals surface area contributed by atoms with Gasteiger partial charge in [-0.15, -0.1) is 0 Å². The number of benzene rings is 1. The summed E-state index contributed by atoms with van der Waals surface area (Å²) in [5.74, 6) is 0.816. The molecule has 0 bridgehead atoms. The Morgan fingerprint density at radius 3 is 3.07 bits per heavy atom. The van der Waals surface area contributed by atoms with E-state index in [-0.39, 0.29) is 12.7 Å². The number of fused-ring (bicyclic) bond motifs is 1. The number of nitrogens with zero attached hydrogens (tertiary/aromatic N) is 1.